The third kappa shape index (κ3) is 3.06. The van der Waals surface area contributed by atoms with E-state index in [4.69, 9.17) is 16.0 Å². The minimum Gasteiger partial charge on any atom is -0.450 e. The van der Waals surface area contributed by atoms with Crippen LogP contribution in [0.3, 0.4) is 0 Å². The van der Waals surface area contributed by atoms with Crippen LogP contribution in [-0.4, -0.2) is 9.38 Å². The molecular formula is C20H11ClN2O2S2. The molecule has 0 aliphatic carbocycles. The maximum Gasteiger partial charge on any atom is 0.275 e. The molecule has 5 rings (SSSR count). The van der Waals surface area contributed by atoms with Crippen LogP contribution >= 0.6 is 34.7 Å². The van der Waals surface area contributed by atoms with Crippen LogP contribution in [0.5, 0.6) is 0 Å². The summed E-state index contributed by atoms with van der Waals surface area (Å²) in [5, 5.41) is 1.45. The van der Waals surface area contributed by atoms with E-state index in [-0.39, 0.29) is 5.56 Å². The Hall–Kier alpha value is -2.54. The van der Waals surface area contributed by atoms with E-state index in [1.54, 1.807) is 10.5 Å². The molecule has 132 valence electrons. The van der Waals surface area contributed by atoms with Gasteiger partial charge in [0.05, 0.1) is 11.0 Å². The highest BCUT2D eigenvalue weighted by molar-refractivity contribution is 7.99. The Balaban J connectivity index is 1.51. The van der Waals surface area contributed by atoms with E-state index in [0.29, 0.717) is 20.3 Å². The molecular weight excluding hydrogens is 400 g/mol. The van der Waals surface area contributed by atoms with E-state index in [0.717, 1.165) is 21.0 Å². The Labute approximate surface area is 166 Å². The van der Waals surface area contributed by atoms with Crippen LogP contribution < -0.4 is 10.1 Å². The number of hydrogen-bond donors (Lipinski definition) is 0. The predicted molar refractivity (Wildman–Crippen MR) is 110 cm³/mol. The lowest BCUT2D eigenvalue weighted by Crippen LogP contribution is -2.22. The van der Waals surface area contributed by atoms with Crippen molar-refractivity contribution < 1.29 is 4.42 Å². The smallest absolute Gasteiger partial charge is 0.275 e. The molecule has 3 aromatic heterocycles. The maximum absolute atomic E-state index is 12.8. The number of benzene rings is 2. The molecule has 0 unspecified atom stereocenters. The van der Waals surface area contributed by atoms with E-state index in [1.807, 2.05) is 60.7 Å². The monoisotopic (exact) mass is 410 g/mol. The molecule has 0 aliphatic rings. The van der Waals surface area contributed by atoms with Crippen molar-refractivity contribution in [1.82, 2.24) is 9.38 Å². The van der Waals surface area contributed by atoms with Gasteiger partial charge < -0.3 is 4.42 Å². The Bertz CT molecular complexity index is 1380. The van der Waals surface area contributed by atoms with Gasteiger partial charge >= 0.3 is 0 Å². The molecule has 0 spiro atoms. The molecule has 4 nitrogen and oxygen atoms in total. The van der Waals surface area contributed by atoms with E-state index < -0.39 is 0 Å². The standard InChI is InChI=1S/C20H11ClN2O2S2/c21-12-5-8-14(9-6-12)26-18-10-7-13(25-18)11-17-19(24)23-16-4-2-1-3-15(16)22-20(23)27-17/h1-11H/b17-11-. The maximum atomic E-state index is 12.8. The Morgan fingerprint density at radius 1 is 1.07 bits per heavy atom. The second kappa shape index (κ2) is 6.56. The first-order valence-electron chi connectivity index (χ1n) is 8.12. The van der Waals surface area contributed by atoms with Crippen molar-refractivity contribution in [3.8, 4) is 0 Å². The zero-order valence-corrected chi connectivity index (χ0v) is 16.1. The fraction of sp³-hybridized carbons (Fsp3) is 0. The minimum atomic E-state index is -0.0768. The molecule has 0 atom stereocenters. The lowest BCUT2D eigenvalue weighted by atomic mass is 10.3. The lowest BCUT2D eigenvalue weighted by molar-refractivity contribution is 0.466. The van der Waals surface area contributed by atoms with Crippen molar-refractivity contribution in [2.24, 2.45) is 0 Å². The van der Waals surface area contributed by atoms with Crippen LogP contribution in [0.4, 0.5) is 0 Å². The minimum absolute atomic E-state index is 0.0768. The Morgan fingerprint density at radius 2 is 1.89 bits per heavy atom. The van der Waals surface area contributed by atoms with Crippen LogP contribution in [0.2, 0.25) is 5.02 Å². The van der Waals surface area contributed by atoms with Crippen LogP contribution in [0, 0.1) is 0 Å². The van der Waals surface area contributed by atoms with Gasteiger partial charge in [0.25, 0.3) is 5.56 Å². The molecule has 5 aromatic rings. The summed E-state index contributed by atoms with van der Waals surface area (Å²) in [6.45, 7) is 0. The summed E-state index contributed by atoms with van der Waals surface area (Å²) in [6.07, 6.45) is 1.77. The zero-order valence-electron chi connectivity index (χ0n) is 13.8. The number of rotatable bonds is 3. The molecule has 27 heavy (non-hydrogen) atoms. The molecule has 0 aliphatic heterocycles. The van der Waals surface area contributed by atoms with E-state index in [9.17, 15) is 4.79 Å². The molecule has 0 fully saturated rings. The van der Waals surface area contributed by atoms with Gasteiger partial charge in [0.2, 0.25) is 0 Å². The van der Waals surface area contributed by atoms with Crippen LogP contribution in [-0.2, 0) is 0 Å². The van der Waals surface area contributed by atoms with Gasteiger partial charge in [-0.05, 0) is 48.5 Å². The van der Waals surface area contributed by atoms with Crippen molar-refractivity contribution in [3.63, 3.8) is 0 Å². The average molecular weight is 411 g/mol. The van der Waals surface area contributed by atoms with Crippen LogP contribution in [0.25, 0.3) is 22.1 Å². The van der Waals surface area contributed by atoms with Gasteiger partial charge in [0.15, 0.2) is 10.1 Å². The molecule has 0 radical (unpaired) electrons. The highest BCUT2D eigenvalue weighted by Gasteiger charge is 2.11. The first-order chi connectivity index (χ1) is 13.2. The highest BCUT2D eigenvalue weighted by Crippen LogP contribution is 2.30. The van der Waals surface area contributed by atoms with Gasteiger partial charge in [0.1, 0.15) is 10.3 Å². The largest absolute Gasteiger partial charge is 0.450 e. The topological polar surface area (TPSA) is 47.5 Å². The summed E-state index contributed by atoms with van der Waals surface area (Å²) in [7, 11) is 0. The number of aromatic nitrogens is 2. The van der Waals surface area contributed by atoms with Crippen molar-refractivity contribution in [2.45, 2.75) is 9.99 Å². The van der Waals surface area contributed by atoms with Gasteiger partial charge in [-0.25, -0.2) is 9.38 Å². The third-order valence-electron chi connectivity index (χ3n) is 4.05. The summed E-state index contributed by atoms with van der Waals surface area (Å²) >= 11 is 8.78. The van der Waals surface area contributed by atoms with Gasteiger partial charge in [0, 0.05) is 16.0 Å². The number of nitrogens with zero attached hydrogens (tertiary/aromatic N) is 2. The van der Waals surface area contributed by atoms with Crippen molar-refractivity contribution in [1.29, 1.82) is 0 Å². The van der Waals surface area contributed by atoms with Gasteiger partial charge in [-0.15, -0.1) is 0 Å². The molecule has 7 heteroatoms. The van der Waals surface area contributed by atoms with Gasteiger partial charge in [-0.2, -0.15) is 0 Å². The number of halogens is 1. The second-order valence-electron chi connectivity index (χ2n) is 5.85. The fourth-order valence-electron chi connectivity index (χ4n) is 2.83. The SMILES string of the molecule is O=c1/c(=C/c2ccc(Sc3ccc(Cl)cc3)o2)sc2nc3ccccc3n12. The molecule has 3 heterocycles. The molecule has 2 aromatic carbocycles. The van der Waals surface area contributed by atoms with Crippen LogP contribution in [0.15, 0.2) is 79.9 Å². The second-order valence-corrected chi connectivity index (χ2v) is 8.37. The number of hydrogen-bond acceptors (Lipinski definition) is 5. The van der Waals surface area contributed by atoms with Gasteiger partial charge in [-0.1, -0.05) is 46.8 Å². The summed E-state index contributed by atoms with van der Waals surface area (Å²) in [6, 6.07) is 18.9. The zero-order chi connectivity index (χ0) is 18.4. The van der Waals surface area contributed by atoms with Gasteiger partial charge in [-0.3, -0.25) is 4.79 Å². The summed E-state index contributed by atoms with van der Waals surface area (Å²) in [5.41, 5.74) is 1.57. The summed E-state index contributed by atoms with van der Waals surface area (Å²) < 4.78 is 8.10. The molecule has 0 N–H and O–H groups in total. The summed E-state index contributed by atoms with van der Waals surface area (Å²) in [4.78, 5) is 19.0. The van der Waals surface area contributed by atoms with E-state index in [1.165, 1.54) is 23.1 Å². The predicted octanol–water partition coefficient (Wildman–Crippen LogP) is 4.85. The van der Waals surface area contributed by atoms with Crippen LogP contribution in [0.1, 0.15) is 5.76 Å². The highest BCUT2D eigenvalue weighted by atomic mass is 35.5. The van der Waals surface area contributed by atoms with E-state index in [2.05, 4.69) is 4.98 Å². The first kappa shape index (κ1) is 16.6. The molecule has 0 bridgehead atoms. The quantitative estimate of drug-likeness (QED) is 0.426. The van der Waals surface area contributed by atoms with Crippen molar-refractivity contribution in [2.75, 3.05) is 0 Å². The normalized spacial score (nSPS) is 12.4. The van der Waals surface area contributed by atoms with E-state index >= 15 is 0 Å². The number of imidazole rings is 1. The fourth-order valence-corrected chi connectivity index (χ4v) is 4.70. The number of thiazole rings is 1. The summed E-state index contributed by atoms with van der Waals surface area (Å²) in [5.74, 6) is 0.636. The Kier molecular flexibility index (Phi) is 4.04. The lowest BCUT2D eigenvalue weighted by Gasteiger charge is -1.97. The molecule has 0 saturated heterocycles. The first-order valence-corrected chi connectivity index (χ1v) is 10.1. The number of furan rings is 1. The number of fused-ring (bicyclic) bond motifs is 3. The number of para-hydroxylation sites is 2. The van der Waals surface area contributed by atoms with Crippen molar-refractivity contribution >= 4 is 56.8 Å². The third-order valence-corrected chi connectivity index (χ3v) is 6.20. The average Bonchev–Trinajstić information content (AvgIpc) is 3.33. The molecule has 0 amide bonds. The Morgan fingerprint density at radius 3 is 2.74 bits per heavy atom. The molecule has 0 saturated carbocycles. The van der Waals surface area contributed by atoms with Crippen molar-refractivity contribution in [3.05, 3.63) is 86.3 Å².